The molecule has 0 heterocycles. The minimum atomic E-state index is -1.10. The molecule has 0 radical (unpaired) electrons. The molecule has 1 amide bonds. The molecule has 126 valence electrons. The molecule has 0 spiro atoms. The van der Waals surface area contributed by atoms with Gasteiger partial charge in [0.1, 0.15) is 0 Å². The van der Waals surface area contributed by atoms with Gasteiger partial charge in [-0.25, -0.2) is 8.78 Å². The number of amides is 1. The molecule has 1 atom stereocenters. The smallest absolute Gasteiger partial charge is 0.254 e. The fourth-order valence-corrected chi connectivity index (χ4v) is 2.32. The van der Waals surface area contributed by atoms with Gasteiger partial charge in [0.05, 0.1) is 6.04 Å². The van der Waals surface area contributed by atoms with Crippen LogP contribution < -0.4 is 0 Å². The van der Waals surface area contributed by atoms with E-state index in [9.17, 15) is 18.4 Å². The Hall–Kier alpha value is -2.56. The average Bonchev–Trinajstić information content (AvgIpc) is 2.57. The zero-order chi connectivity index (χ0) is 18.0. The molecule has 0 aliphatic rings. The average molecular weight is 331 g/mol. The number of rotatable bonds is 4. The monoisotopic (exact) mass is 331 g/mol. The van der Waals surface area contributed by atoms with E-state index >= 15 is 0 Å². The third-order valence-electron chi connectivity index (χ3n) is 4.24. The number of nitrogens with zero attached hydrogens (tertiary/aromatic N) is 1. The molecule has 2 aromatic carbocycles. The Balaban J connectivity index is 2.22. The number of Topliss-reactive ketones (excluding diaryl/α,β-unsaturated/α-hetero) is 1. The van der Waals surface area contributed by atoms with Crippen LogP contribution in [-0.2, 0) is 0 Å². The van der Waals surface area contributed by atoms with Gasteiger partial charge < -0.3 is 4.90 Å². The summed E-state index contributed by atoms with van der Waals surface area (Å²) in [5, 5.41) is 0. The van der Waals surface area contributed by atoms with Crippen LogP contribution in [0.5, 0.6) is 0 Å². The lowest BCUT2D eigenvalue weighted by Crippen LogP contribution is -2.40. The highest BCUT2D eigenvalue weighted by molar-refractivity contribution is 6.04. The van der Waals surface area contributed by atoms with Crippen LogP contribution >= 0.6 is 0 Å². The van der Waals surface area contributed by atoms with Gasteiger partial charge in [-0.3, -0.25) is 9.59 Å². The Kier molecular flexibility index (Phi) is 5.12. The number of ketones is 1. The van der Waals surface area contributed by atoms with Crippen LogP contribution in [-0.4, -0.2) is 29.7 Å². The Morgan fingerprint density at radius 3 is 2.12 bits per heavy atom. The summed E-state index contributed by atoms with van der Waals surface area (Å²) in [6, 6.07) is 7.55. The molecule has 0 aliphatic heterocycles. The molecule has 0 saturated heterocycles. The van der Waals surface area contributed by atoms with Crippen LogP contribution in [0, 0.1) is 25.5 Å². The lowest BCUT2D eigenvalue weighted by atomic mass is 9.99. The number of benzene rings is 2. The van der Waals surface area contributed by atoms with Gasteiger partial charge in [0.25, 0.3) is 5.91 Å². The molecule has 24 heavy (non-hydrogen) atoms. The topological polar surface area (TPSA) is 37.4 Å². The quantitative estimate of drug-likeness (QED) is 0.796. The van der Waals surface area contributed by atoms with Crippen LogP contribution in [0.25, 0.3) is 0 Å². The molecular formula is C19H19F2NO2. The number of aryl methyl sites for hydroxylation is 2. The highest BCUT2D eigenvalue weighted by Crippen LogP contribution is 2.16. The first-order chi connectivity index (χ1) is 11.2. The largest absolute Gasteiger partial charge is 0.332 e. The van der Waals surface area contributed by atoms with Crippen LogP contribution in [0.2, 0.25) is 0 Å². The second-order valence-electron chi connectivity index (χ2n) is 5.88. The zero-order valence-corrected chi connectivity index (χ0v) is 14.1. The Labute approximate surface area is 139 Å². The fourth-order valence-electron chi connectivity index (χ4n) is 2.32. The molecule has 0 N–H and O–H groups in total. The summed E-state index contributed by atoms with van der Waals surface area (Å²) in [5.74, 6) is -2.87. The van der Waals surface area contributed by atoms with Gasteiger partial charge in [-0.1, -0.05) is 12.1 Å². The summed E-state index contributed by atoms with van der Waals surface area (Å²) < 4.78 is 26.3. The standard InChI is InChI=1S/C19H19F2NO2/c1-11-5-6-14(9-12(11)2)18(23)13(3)22(4)19(24)15-7-8-16(20)17(21)10-15/h5-10,13H,1-4H3. The van der Waals surface area contributed by atoms with E-state index in [2.05, 4.69) is 0 Å². The number of carbonyl (C=O) groups excluding carboxylic acids is 2. The van der Waals surface area contributed by atoms with Crippen molar-refractivity contribution in [3.63, 3.8) is 0 Å². The van der Waals surface area contributed by atoms with Gasteiger partial charge in [0.15, 0.2) is 17.4 Å². The van der Waals surface area contributed by atoms with E-state index < -0.39 is 23.6 Å². The fraction of sp³-hybridized carbons (Fsp3) is 0.263. The van der Waals surface area contributed by atoms with Crippen LogP contribution in [0.3, 0.4) is 0 Å². The first kappa shape index (κ1) is 17.8. The molecule has 3 nitrogen and oxygen atoms in total. The van der Waals surface area contributed by atoms with Crippen molar-refractivity contribution in [3.05, 3.63) is 70.3 Å². The van der Waals surface area contributed by atoms with E-state index in [0.717, 1.165) is 23.3 Å². The predicted octanol–water partition coefficient (Wildman–Crippen LogP) is 3.93. The second kappa shape index (κ2) is 6.91. The highest BCUT2D eigenvalue weighted by atomic mass is 19.2. The third kappa shape index (κ3) is 3.50. The second-order valence-corrected chi connectivity index (χ2v) is 5.88. The molecule has 0 aliphatic carbocycles. The van der Waals surface area contributed by atoms with Gasteiger partial charge in [-0.2, -0.15) is 0 Å². The third-order valence-corrected chi connectivity index (χ3v) is 4.24. The lowest BCUT2D eigenvalue weighted by molar-refractivity contribution is 0.0674. The highest BCUT2D eigenvalue weighted by Gasteiger charge is 2.25. The van der Waals surface area contributed by atoms with E-state index in [4.69, 9.17) is 0 Å². The van der Waals surface area contributed by atoms with Crippen molar-refractivity contribution in [2.75, 3.05) is 7.05 Å². The van der Waals surface area contributed by atoms with Crippen molar-refractivity contribution in [1.29, 1.82) is 0 Å². The van der Waals surface area contributed by atoms with Gasteiger partial charge >= 0.3 is 0 Å². The van der Waals surface area contributed by atoms with Gasteiger partial charge in [-0.05, 0) is 56.2 Å². The molecule has 0 aromatic heterocycles. The van der Waals surface area contributed by atoms with Crippen molar-refractivity contribution >= 4 is 11.7 Å². The van der Waals surface area contributed by atoms with E-state index in [0.29, 0.717) is 5.56 Å². The number of hydrogen-bond acceptors (Lipinski definition) is 2. The Morgan fingerprint density at radius 1 is 0.917 bits per heavy atom. The van der Waals surface area contributed by atoms with Gasteiger partial charge in [-0.15, -0.1) is 0 Å². The van der Waals surface area contributed by atoms with E-state index in [1.165, 1.54) is 18.0 Å². The summed E-state index contributed by atoms with van der Waals surface area (Å²) in [4.78, 5) is 26.2. The number of halogens is 2. The number of carbonyl (C=O) groups is 2. The van der Waals surface area contributed by atoms with Crippen LogP contribution in [0.4, 0.5) is 8.78 Å². The first-order valence-corrected chi connectivity index (χ1v) is 7.56. The van der Waals surface area contributed by atoms with E-state index in [1.807, 2.05) is 19.9 Å². The first-order valence-electron chi connectivity index (χ1n) is 7.56. The normalized spacial score (nSPS) is 11.9. The summed E-state index contributed by atoms with van der Waals surface area (Å²) in [6.07, 6.45) is 0. The van der Waals surface area contributed by atoms with Gasteiger partial charge in [0.2, 0.25) is 0 Å². The lowest BCUT2D eigenvalue weighted by Gasteiger charge is -2.24. The van der Waals surface area contributed by atoms with Crippen molar-refractivity contribution in [2.24, 2.45) is 0 Å². The molecule has 2 aromatic rings. The van der Waals surface area contributed by atoms with Crippen molar-refractivity contribution in [3.8, 4) is 0 Å². The Morgan fingerprint density at radius 2 is 1.54 bits per heavy atom. The number of likely N-dealkylation sites (N-methyl/N-ethyl adjacent to an activating group) is 1. The molecule has 5 heteroatoms. The van der Waals surface area contributed by atoms with Gasteiger partial charge in [0, 0.05) is 18.2 Å². The SMILES string of the molecule is Cc1ccc(C(=O)C(C)N(C)C(=O)c2ccc(F)c(F)c2)cc1C. The minimum Gasteiger partial charge on any atom is -0.332 e. The van der Waals surface area contributed by atoms with Crippen LogP contribution in [0.1, 0.15) is 38.8 Å². The maximum absolute atomic E-state index is 13.3. The molecular weight excluding hydrogens is 312 g/mol. The van der Waals surface area contributed by atoms with Crippen LogP contribution in [0.15, 0.2) is 36.4 Å². The maximum atomic E-state index is 13.3. The Bertz CT molecular complexity index is 734. The maximum Gasteiger partial charge on any atom is 0.254 e. The van der Waals surface area contributed by atoms with E-state index in [1.54, 1.807) is 19.1 Å². The summed E-state index contributed by atoms with van der Waals surface area (Å²) in [6.45, 7) is 5.47. The summed E-state index contributed by atoms with van der Waals surface area (Å²) in [5.41, 5.74) is 2.57. The molecule has 0 fully saturated rings. The minimum absolute atomic E-state index is 0.00358. The molecule has 1 unspecified atom stereocenters. The molecule has 0 bridgehead atoms. The van der Waals surface area contributed by atoms with E-state index in [-0.39, 0.29) is 11.3 Å². The molecule has 0 saturated carbocycles. The number of hydrogen-bond donors (Lipinski definition) is 0. The van der Waals surface area contributed by atoms with Crippen molar-refractivity contribution in [2.45, 2.75) is 26.8 Å². The molecule has 2 rings (SSSR count). The van der Waals surface area contributed by atoms with Crippen molar-refractivity contribution < 1.29 is 18.4 Å². The van der Waals surface area contributed by atoms with Crippen molar-refractivity contribution in [1.82, 2.24) is 4.90 Å². The summed E-state index contributed by atoms with van der Waals surface area (Å²) >= 11 is 0. The zero-order valence-electron chi connectivity index (χ0n) is 14.1. The summed E-state index contributed by atoms with van der Waals surface area (Å²) in [7, 11) is 1.47. The predicted molar refractivity (Wildman–Crippen MR) is 88.2 cm³/mol.